The van der Waals surface area contributed by atoms with Gasteiger partial charge >= 0.3 is 0 Å². The van der Waals surface area contributed by atoms with Gasteiger partial charge < -0.3 is 9.52 Å². The molecule has 1 N–H and O–H groups in total. The lowest BCUT2D eigenvalue weighted by atomic mass is 9.97. The number of nitrogens with zero attached hydrogens (tertiary/aromatic N) is 3. The normalized spacial score (nSPS) is 12.0. The van der Waals surface area contributed by atoms with E-state index >= 15 is 0 Å². The van der Waals surface area contributed by atoms with Crippen molar-refractivity contribution in [3.63, 3.8) is 0 Å². The largest absolute Gasteiger partial charge is 0.454 e. The highest BCUT2D eigenvalue weighted by atomic mass is 16.3. The summed E-state index contributed by atoms with van der Waals surface area (Å²) in [5.41, 5.74) is 4.24. The molecule has 0 saturated heterocycles. The smallest absolute Gasteiger partial charge is 0.162 e. The molecular formula is C20H19N3O2. The Labute approximate surface area is 145 Å². The molecule has 0 aliphatic rings. The Balaban J connectivity index is 1.79. The van der Waals surface area contributed by atoms with Gasteiger partial charge in [0, 0.05) is 36.6 Å². The fraction of sp³-hybridized carbons (Fsp3) is 0.200. The molecule has 1 aromatic carbocycles. The van der Waals surface area contributed by atoms with Gasteiger partial charge in [0.05, 0.1) is 11.3 Å². The van der Waals surface area contributed by atoms with Crippen LogP contribution in [-0.2, 0) is 12.6 Å². The van der Waals surface area contributed by atoms with Crippen LogP contribution in [0.25, 0.3) is 33.7 Å². The van der Waals surface area contributed by atoms with Crippen molar-refractivity contribution in [2.75, 3.05) is 0 Å². The van der Waals surface area contributed by atoms with Crippen molar-refractivity contribution in [2.45, 2.75) is 19.4 Å². The quantitative estimate of drug-likeness (QED) is 0.612. The minimum Gasteiger partial charge on any atom is -0.454 e. The van der Waals surface area contributed by atoms with Crippen LogP contribution in [0, 0.1) is 0 Å². The third-order valence-corrected chi connectivity index (χ3v) is 4.28. The number of rotatable bonds is 3. The van der Waals surface area contributed by atoms with Crippen molar-refractivity contribution in [1.82, 2.24) is 14.8 Å². The summed E-state index contributed by atoms with van der Waals surface area (Å²) in [6.45, 7) is 3.54. The van der Waals surface area contributed by atoms with Gasteiger partial charge in [-0.3, -0.25) is 9.67 Å². The summed E-state index contributed by atoms with van der Waals surface area (Å²) in [5, 5.41) is 14.5. The van der Waals surface area contributed by atoms with E-state index in [9.17, 15) is 5.11 Å². The van der Waals surface area contributed by atoms with Gasteiger partial charge in [0.1, 0.15) is 11.3 Å². The standard InChI is InChI=1S/C20H19N3O2/c1-20(2,24)14-6-4-13(5-7-14)18-12-17-19(25-18)15(8-10-21-17)16-9-11-23(3)22-16/h4-12,24H,1-3H3. The van der Waals surface area contributed by atoms with Crippen LogP contribution in [0.3, 0.4) is 0 Å². The van der Waals surface area contributed by atoms with Crippen LogP contribution in [0.5, 0.6) is 0 Å². The Morgan fingerprint density at radius 3 is 2.48 bits per heavy atom. The molecule has 0 aliphatic heterocycles. The zero-order valence-electron chi connectivity index (χ0n) is 14.4. The number of hydrogen-bond acceptors (Lipinski definition) is 4. The molecule has 25 heavy (non-hydrogen) atoms. The van der Waals surface area contributed by atoms with Crippen LogP contribution < -0.4 is 0 Å². The first-order valence-electron chi connectivity index (χ1n) is 8.14. The SMILES string of the molecule is Cn1ccc(-c2ccnc3cc(-c4ccc(C(C)(C)O)cc4)oc23)n1. The van der Waals surface area contributed by atoms with Crippen molar-refractivity contribution in [3.8, 4) is 22.6 Å². The molecule has 4 rings (SSSR count). The highest BCUT2D eigenvalue weighted by Gasteiger charge is 2.17. The Morgan fingerprint density at radius 1 is 1.08 bits per heavy atom. The number of benzene rings is 1. The monoisotopic (exact) mass is 333 g/mol. The van der Waals surface area contributed by atoms with Crippen LogP contribution in [0.1, 0.15) is 19.4 Å². The van der Waals surface area contributed by atoms with Gasteiger partial charge in [0.2, 0.25) is 0 Å². The van der Waals surface area contributed by atoms with Gasteiger partial charge in [0.15, 0.2) is 5.58 Å². The summed E-state index contributed by atoms with van der Waals surface area (Å²) in [4.78, 5) is 4.41. The zero-order chi connectivity index (χ0) is 17.6. The fourth-order valence-corrected chi connectivity index (χ4v) is 2.88. The van der Waals surface area contributed by atoms with E-state index in [-0.39, 0.29) is 0 Å². The van der Waals surface area contributed by atoms with Crippen LogP contribution in [0.2, 0.25) is 0 Å². The molecule has 0 radical (unpaired) electrons. The summed E-state index contributed by atoms with van der Waals surface area (Å²) >= 11 is 0. The van der Waals surface area contributed by atoms with E-state index in [1.807, 2.05) is 55.7 Å². The molecule has 126 valence electrons. The predicted molar refractivity (Wildman–Crippen MR) is 96.9 cm³/mol. The lowest BCUT2D eigenvalue weighted by Gasteiger charge is -2.17. The van der Waals surface area contributed by atoms with Crippen molar-refractivity contribution < 1.29 is 9.52 Å². The molecule has 0 saturated carbocycles. The lowest BCUT2D eigenvalue weighted by Crippen LogP contribution is -2.14. The molecule has 0 bridgehead atoms. The number of pyridine rings is 1. The second-order valence-electron chi connectivity index (χ2n) is 6.69. The van der Waals surface area contributed by atoms with Crippen molar-refractivity contribution >= 4 is 11.1 Å². The van der Waals surface area contributed by atoms with Crippen molar-refractivity contribution in [3.05, 3.63) is 60.4 Å². The number of fused-ring (bicyclic) bond motifs is 1. The molecule has 0 aliphatic carbocycles. The lowest BCUT2D eigenvalue weighted by molar-refractivity contribution is 0.0786. The summed E-state index contributed by atoms with van der Waals surface area (Å²) in [6, 6.07) is 13.5. The van der Waals surface area contributed by atoms with Crippen LogP contribution in [-0.4, -0.2) is 19.9 Å². The van der Waals surface area contributed by atoms with Crippen LogP contribution in [0.15, 0.2) is 59.3 Å². The maximum atomic E-state index is 10.1. The first-order valence-corrected chi connectivity index (χ1v) is 8.14. The molecular weight excluding hydrogens is 314 g/mol. The minimum absolute atomic E-state index is 0.725. The van der Waals surface area contributed by atoms with Gasteiger partial charge in [-0.2, -0.15) is 5.10 Å². The second kappa shape index (κ2) is 5.57. The first-order chi connectivity index (χ1) is 11.9. The summed E-state index contributed by atoms with van der Waals surface area (Å²) in [6.07, 6.45) is 3.67. The van der Waals surface area contributed by atoms with E-state index in [0.717, 1.165) is 39.2 Å². The third-order valence-electron chi connectivity index (χ3n) is 4.28. The number of hydrogen-bond donors (Lipinski definition) is 1. The summed E-state index contributed by atoms with van der Waals surface area (Å²) < 4.78 is 7.86. The summed E-state index contributed by atoms with van der Waals surface area (Å²) in [5.74, 6) is 0.744. The van der Waals surface area contributed by atoms with E-state index in [1.54, 1.807) is 24.7 Å². The minimum atomic E-state index is -0.861. The first kappa shape index (κ1) is 15.6. The molecule has 4 aromatic rings. The molecule has 0 spiro atoms. The van der Waals surface area contributed by atoms with Gasteiger partial charge in [-0.15, -0.1) is 0 Å². The van der Waals surface area contributed by atoms with Crippen LogP contribution in [0.4, 0.5) is 0 Å². The topological polar surface area (TPSA) is 64.1 Å². The summed E-state index contributed by atoms with van der Waals surface area (Å²) in [7, 11) is 1.89. The molecule has 3 aromatic heterocycles. The third kappa shape index (κ3) is 2.83. The van der Waals surface area contributed by atoms with Gasteiger partial charge in [-0.1, -0.05) is 24.3 Å². The molecule has 3 heterocycles. The maximum Gasteiger partial charge on any atom is 0.162 e. The average molecular weight is 333 g/mol. The molecule has 5 nitrogen and oxygen atoms in total. The Morgan fingerprint density at radius 2 is 1.84 bits per heavy atom. The zero-order valence-corrected chi connectivity index (χ0v) is 14.4. The van der Waals surface area contributed by atoms with E-state index in [2.05, 4.69) is 10.1 Å². The van der Waals surface area contributed by atoms with Gasteiger partial charge in [-0.05, 0) is 31.5 Å². The molecule has 0 atom stereocenters. The van der Waals surface area contributed by atoms with Crippen LogP contribution >= 0.6 is 0 Å². The number of aryl methyl sites for hydroxylation is 1. The number of furan rings is 1. The highest BCUT2D eigenvalue weighted by molar-refractivity contribution is 5.91. The Hall–Kier alpha value is -2.92. The van der Waals surface area contributed by atoms with E-state index < -0.39 is 5.60 Å². The van der Waals surface area contributed by atoms with Crippen molar-refractivity contribution in [2.24, 2.45) is 7.05 Å². The number of aromatic nitrogens is 3. The average Bonchev–Trinajstić information content (AvgIpc) is 3.20. The van der Waals surface area contributed by atoms with E-state index in [1.165, 1.54) is 0 Å². The Bertz CT molecular complexity index is 1040. The highest BCUT2D eigenvalue weighted by Crippen LogP contribution is 2.33. The molecule has 0 fully saturated rings. The van der Waals surface area contributed by atoms with Gasteiger partial charge in [-0.25, -0.2) is 0 Å². The molecule has 0 unspecified atom stereocenters. The Kier molecular flexibility index (Phi) is 3.47. The fourth-order valence-electron chi connectivity index (χ4n) is 2.88. The van der Waals surface area contributed by atoms with Crippen molar-refractivity contribution in [1.29, 1.82) is 0 Å². The maximum absolute atomic E-state index is 10.1. The molecule has 5 heteroatoms. The predicted octanol–water partition coefficient (Wildman–Crippen LogP) is 4.12. The number of aliphatic hydroxyl groups is 1. The second-order valence-corrected chi connectivity index (χ2v) is 6.69. The van der Waals surface area contributed by atoms with E-state index in [0.29, 0.717) is 0 Å². The molecule has 0 amide bonds. The van der Waals surface area contributed by atoms with Gasteiger partial charge in [0.25, 0.3) is 0 Å². The van der Waals surface area contributed by atoms with E-state index in [4.69, 9.17) is 4.42 Å².